The number of Topliss-reactive ketones (excluding diaryl/α,β-unsaturated/α-hetero) is 1. The second-order valence-electron chi connectivity index (χ2n) is 11.3. The van der Waals surface area contributed by atoms with Gasteiger partial charge in [0.25, 0.3) is 5.91 Å². The first-order valence-corrected chi connectivity index (χ1v) is 12.5. The van der Waals surface area contributed by atoms with E-state index in [4.69, 9.17) is 4.74 Å². The molecule has 0 unspecified atom stereocenters. The molecular formula is C26H36F2N4O4. The number of alkyl halides is 2. The highest BCUT2D eigenvalue weighted by molar-refractivity contribution is 5.99. The number of likely N-dealkylation sites (tertiary alicyclic amines) is 1. The van der Waals surface area contributed by atoms with Gasteiger partial charge in [0, 0.05) is 44.0 Å². The Balaban J connectivity index is 1.49. The van der Waals surface area contributed by atoms with Crippen molar-refractivity contribution in [1.29, 1.82) is 0 Å². The molecule has 3 aliphatic rings. The molecule has 0 bridgehead atoms. The lowest BCUT2D eigenvalue weighted by molar-refractivity contribution is -0.138. The summed E-state index contributed by atoms with van der Waals surface area (Å²) in [5, 5.41) is 2.82. The maximum atomic E-state index is 13.6. The van der Waals surface area contributed by atoms with Gasteiger partial charge in [-0.1, -0.05) is 20.8 Å². The van der Waals surface area contributed by atoms with Gasteiger partial charge in [-0.25, -0.2) is 8.78 Å². The summed E-state index contributed by atoms with van der Waals surface area (Å²) >= 11 is 0. The topological polar surface area (TPSA) is 82.2 Å². The third-order valence-electron chi connectivity index (χ3n) is 7.25. The van der Waals surface area contributed by atoms with Gasteiger partial charge >= 0.3 is 0 Å². The first kappa shape index (κ1) is 26.5. The quantitative estimate of drug-likeness (QED) is 0.636. The van der Waals surface area contributed by atoms with Crippen LogP contribution in [-0.2, 0) is 14.3 Å². The summed E-state index contributed by atoms with van der Waals surface area (Å²) in [5.74, 6) is -2.54. The first-order valence-electron chi connectivity index (χ1n) is 12.5. The number of ether oxygens (including phenoxy) is 1. The van der Waals surface area contributed by atoms with Crippen LogP contribution in [0.4, 0.5) is 14.5 Å². The van der Waals surface area contributed by atoms with Crippen molar-refractivity contribution in [3.63, 3.8) is 0 Å². The second-order valence-corrected chi connectivity index (χ2v) is 11.3. The number of ketones is 1. The molecular weight excluding hydrogens is 470 g/mol. The molecule has 198 valence electrons. The van der Waals surface area contributed by atoms with Crippen LogP contribution in [-0.4, -0.2) is 98.4 Å². The fourth-order valence-corrected chi connectivity index (χ4v) is 5.28. The Hall–Kier alpha value is -2.59. The molecule has 4 rings (SSSR count). The van der Waals surface area contributed by atoms with E-state index in [9.17, 15) is 23.2 Å². The van der Waals surface area contributed by atoms with E-state index in [2.05, 4.69) is 22.2 Å². The number of benzene rings is 1. The number of nitrogens with one attached hydrogen (secondary N) is 1. The van der Waals surface area contributed by atoms with Gasteiger partial charge in [0.15, 0.2) is 5.78 Å². The van der Waals surface area contributed by atoms with Crippen LogP contribution in [0.15, 0.2) is 24.3 Å². The minimum Gasteiger partial charge on any atom is -0.369 e. The van der Waals surface area contributed by atoms with Crippen LogP contribution in [0.3, 0.4) is 0 Å². The predicted octanol–water partition coefficient (Wildman–Crippen LogP) is 2.03. The summed E-state index contributed by atoms with van der Waals surface area (Å²) in [6.07, 6.45) is -3.43. The molecule has 0 saturated carbocycles. The molecule has 36 heavy (non-hydrogen) atoms. The number of piperazine rings is 1. The predicted molar refractivity (Wildman–Crippen MR) is 131 cm³/mol. The van der Waals surface area contributed by atoms with Gasteiger partial charge in [0.05, 0.1) is 12.0 Å². The van der Waals surface area contributed by atoms with Crippen LogP contribution in [0.1, 0.15) is 37.6 Å². The Bertz CT molecular complexity index is 973. The van der Waals surface area contributed by atoms with E-state index in [1.165, 1.54) is 4.90 Å². The average Bonchev–Trinajstić information content (AvgIpc) is 3.38. The summed E-state index contributed by atoms with van der Waals surface area (Å²) in [6, 6.07) is 5.27. The number of halogens is 2. The number of nitrogens with zero attached hydrogens (tertiary/aromatic N) is 3. The van der Waals surface area contributed by atoms with E-state index in [1.807, 2.05) is 32.9 Å². The monoisotopic (exact) mass is 506 g/mol. The van der Waals surface area contributed by atoms with Crippen molar-refractivity contribution in [1.82, 2.24) is 15.1 Å². The zero-order valence-corrected chi connectivity index (χ0v) is 21.4. The fraction of sp³-hybridized carbons (Fsp3) is 0.654. The van der Waals surface area contributed by atoms with Crippen molar-refractivity contribution in [2.24, 2.45) is 11.3 Å². The average molecular weight is 507 g/mol. The molecule has 2 amide bonds. The second kappa shape index (κ2) is 10.4. The van der Waals surface area contributed by atoms with Gasteiger partial charge in [-0.05, 0) is 43.1 Å². The molecule has 0 radical (unpaired) electrons. The molecule has 0 aliphatic carbocycles. The van der Waals surface area contributed by atoms with E-state index in [0.717, 1.165) is 31.9 Å². The Kier molecular flexibility index (Phi) is 7.66. The molecule has 3 saturated heterocycles. The highest BCUT2D eigenvalue weighted by Gasteiger charge is 2.55. The van der Waals surface area contributed by atoms with Crippen LogP contribution in [0.2, 0.25) is 0 Å². The molecule has 1 aromatic carbocycles. The number of anilines is 1. The molecule has 3 aliphatic heterocycles. The number of carbonyl (C=O) groups excluding carboxylic acids is 3. The zero-order valence-electron chi connectivity index (χ0n) is 21.4. The Morgan fingerprint density at radius 3 is 2.33 bits per heavy atom. The van der Waals surface area contributed by atoms with Gasteiger partial charge in [0.1, 0.15) is 18.7 Å². The lowest BCUT2D eigenvalue weighted by Crippen LogP contribution is -2.53. The van der Waals surface area contributed by atoms with Gasteiger partial charge in [-0.3, -0.25) is 14.4 Å². The van der Waals surface area contributed by atoms with Gasteiger partial charge in [-0.15, -0.1) is 0 Å². The minimum absolute atomic E-state index is 0.270. The number of hydrogen-bond donors (Lipinski definition) is 1. The van der Waals surface area contributed by atoms with Gasteiger partial charge in [-0.2, -0.15) is 0 Å². The van der Waals surface area contributed by atoms with E-state index in [-0.39, 0.29) is 24.3 Å². The maximum Gasteiger partial charge on any atom is 0.251 e. The number of rotatable bonds is 6. The van der Waals surface area contributed by atoms with Crippen LogP contribution >= 0.6 is 0 Å². The molecule has 1 aromatic rings. The van der Waals surface area contributed by atoms with Crippen molar-refractivity contribution < 1.29 is 27.9 Å². The summed E-state index contributed by atoms with van der Waals surface area (Å²) in [6.45, 7) is 9.00. The van der Waals surface area contributed by atoms with Crippen LogP contribution < -0.4 is 10.2 Å². The maximum absolute atomic E-state index is 13.6. The highest BCUT2D eigenvalue weighted by atomic mass is 19.3. The lowest BCUT2D eigenvalue weighted by Gasteiger charge is -2.34. The third kappa shape index (κ3) is 5.70. The molecule has 8 nitrogen and oxygen atoms in total. The smallest absolute Gasteiger partial charge is 0.251 e. The molecule has 3 heterocycles. The molecule has 0 spiro atoms. The van der Waals surface area contributed by atoms with E-state index in [0.29, 0.717) is 12.0 Å². The fourth-order valence-electron chi connectivity index (χ4n) is 5.28. The summed E-state index contributed by atoms with van der Waals surface area (Å²) in [7, 11) is 2.09. The Morgan fingerprint density at radius 1 is 1.11 bits per heavy atom. The molecule has 3 fully saturated rings. The summed E-state index contributed by atoms with van der Waals surface area (Å²) < 4.78 is 32.6. The number of likely N-dealkylation sites (N-methyl/N-ethyl adjacent to an activating group) is 1. The number of amides is 2. The molecule has 4 atom stereocenters. The van der Waals surface area contributed by atoms with Crippen molar-refractivity contribution >= 4 is 23.3 Å². The highest BCUT2D eigenvalue weighted by Crippen LogP contribution is 2.36. The van der Waals surface area contributed by atoms with Crippen molar-refractivity contribution in [3.8, 4) is 0 Å². The van der Waals surface area contributed by atoms with Crippen molar-refractivity contribution in [2.45, 2.75) is 51.8 Å². The third-order valence-corrected chi connectivity index (χ3v) is 7.25. The number of fused-ring (bicyclic) bond motifs is 1. The standard InChI is InChI=1S/C26H36F2N4O4/c1-26(2,3)13-19(25(35)32-14-18(23(27)28)22-21(32)20(33)15-36-22)29-24(34)16-5-7-17(8-6-16)31-11-9-30(4)10-12-31/h5-8,18-19,21-23H,9-15H2,1-4H3,(H,29,34)/t18-,19-,21+,22+/m0/s1. The van der Waals surface area contributed by atoms with Crippen LogP contribution in [0.25, 0.3) is 0 Å². The van der Waals surface area contributed by atoms with Crippen molar-refractivity contribution in [3.05, 3.63) is 29.8 Å². The molecule has 10 heteroatoms. The molecule has 0 aromatic heterocycles. The molecule has 1 N–H and O–H groups in total. The zero-order chi connectivity index (χ0) is 26.2. The van der Waals surface area contributed by atoms with Crippen LogP contribution in [0, 0.1) is 11.3 Å². The Labute approximate surface area is 210 Å². The summed E-state index contributed by atoms with van der Waals surface area (Å²) in [5.41, 5.74) is 1.10. The number of hydrogen-bond acceptors (Lipinski definition) is 6. The SMILES string of the molecule is CN1CCN(c2ccc(C(=O)N[C@@H](CC(C)(C)C)C(=O)N3C[C@H](C(F)F)[C@H]4OCC(=O)[C@H]43)cc2)CC1. The van der Waals surface area contributed by atoms with Gasteiger partial charge in [0.2, 0.25) is 12.3 Å². The summed E-state index contributed by atoms with van der Waals surface area (Å²) in [4.78, 5) is 44.9. The van der Waals surface area contributed by atoms with Crippen LogP contribution in [0.5, 0.6) is 0 Å². The first-order chi connectivity index (χ1) is 16.9. The lowest BCUT2D eigenvalue weighted by atomic mass is 9.87. The van der Waals surface area contributed by atoms with E-state index >= 15 is 0 Å². The normalized spacial score (nSPS) is 25.9. The van der Waals surface area contributed by atoms with E-state index in [1.54, 1.807) is 12.1 Å². The number of carbonyl (C=O) groups is 3. The largest absolute Gasteiger partial charge is 0.369 e. The Morgan fingerprint density at radius 2 is 1.75 bits per heavy atom. The van der Waals surface area contributed by atoms with Crippen molar-refractivity contribution in [2.75, 3.05) is 51.3 Å². The van der Waals surface area contributed by atoms with E-state index < -0.39 is 42.3 Å². The minimum atomic E-state index is -2.71. The van der Waals surface area contributed by atoms with Gasteiger partial charge < -0.3 is 24.8 Å².